The van der Waals surface area contributed by atoms with Crippen LogP contribution in [0.1, 0.15) is 11.7 Å². The zero-order valence-electron chi connectivity index (χ0n) is 9.80. The Hall–Kier alpha value is -0.500. The molecule has 0 aliphatic carbocycles. The van der Waals surface area contributed by atoms with Crippen molar-refractivity contribution in [2.75, 3.05) is 20.3 Å². The summed E-state index contributed by atoms with van der Waals surface area (Å²) in [5.41, 5.74) is 0.254. The highest BCUT2D eigenvalue weighted by Crippen LogP contribution is 2.36. The number of alkyl halides is 3. The number of methoxy groups -OCH3 is 1. The number of hydrogen-bond donors (Lipinski definition) is 1. The molecule has 0 saturated carbocycles. The van der Waals surface area contributed by atoms with Crippen molar-refractivity contribution in [1.82, 2.24) is 0 Å². The summed E-state index contributed by atoms with van der Waals surface area (Å²) in [5.74, 6) is 0.299. The maximum atomic E-state index is 11.9. The van der Waals surface area contributed by atoms with Crippen molar-refractivity contribution in [3.63, 3.8) is 0 Å². The van der Waals surface area contributed by atoms with Gasteiger partial charge in [-0.2, -0.15) is 13.2 Å². The molecule has 0 saturated heterocycles. The highest BCUT2D eigenvalue weighted by molar-refractivity contribution is 9.10. The molecule has 0 aromatic heterocycles. The van der Waals surface area contributed by atoms with Gasteiger partial charge in [0.25, 0.3) is 0 Å². The first-order valence-corrected chi connectivity index (χ1v) is 6.27. The van der Waals surface area contributed by atoms with Crippen LogP contribution in [0, 0.1) is 0 Å². The number of ether oxygens (including phenoxy) is 2. The van der Waals surface area contributed by atoms with Crippen LogP contribution in [-0.2, 0) is 4.74 Å². The fourth-order valence-electron chi connectivity index (χ4n) is 1.42. The average Bonchev–Trinajstić information content (AvgIpc) is 2.26. The van der Waals surface area contributed by atoms with Gasteiger partial charge in [-0.3, -0.25) is 0 Å². The number of rotatable bonds is 5. The van der Waals surface area contributed by atoms with Gasteiger partial charge < -0.3 is 14.6 Å². The summed E-state index contributed by atoms with van der Waals surface area (Å²) in [4.78, 5) is 0. The van der Waals surface area contributed by atoms with Crippen molar-refractivity contribution in [3.8, 4) is 5.75 Å². The van der Waals surface area contributed by atoms with E-state index in [4.69, 9.17) is 16.3 Å². The average molecular weight is 364 g/mol. The molecule has 0 radical (unpaired) electrons. The lowest BCUT2D eigenvalue weighted by atomic mass is 10.1. The minimum Gasteiger partial charge on any atom is -0.495 e. The third kappa shape index (κ3) is 5.18. The molecule has 1 aromatic carbocycles. The first kappa shape index (κ1) is 16.6. The van der Waals surface area contributed by atoms with Crippen molar-refractivity contribution < 1.29 is 27.8 Å². The summed E-state index contributed by atoms with van der Waals surface area (Å²) in [6.45, 7) is -1.93. The molecule has 3 nitrogen and oxygen atoms in total. The lowest BCUT2D eigenvalue weighted by Gasteiger charge is -2.17. The molecule has 1 rings (SSSR count). The Morgan fingerprint density at radius 2 is 2.05 bits per heavy atom. The van der Waals surface area contributed by atoms with E-state index in [9.17, 15) is 18.3 Å². The highest BCUT2D eigenvalue weighted by Gasteiger charge is 2.28. The van der Waals surface area contributed by atoms with Crippen molar-refractivity contribution in [2.24, 2.45) is 0 Å². The van der Waals surface area contributed by atoms with Crippen LogP contribution >= 0.6 is 27.5 Å². The van der Waals surface area contributed by atoms with E-state index in [1.54, 1.807) is 6.07 Å². The van der Waals surface area contributed by atoms with Crippen LogP contribution in [0.4, 0.5) is 13.2 Å². The molecule has 1 unspecified atom stereocenters. The fourth-order valence-corrected chi connectivity index (χ4v) is 2.42. The van der Waals surface area contributed by atoms with Crippen LogP contribution < -0.4 is 4.74 Å². The van der Waals surface area contributed by atoms with Gasteiger partial charge >= 0.3 is 6.18 Å². The molecule has 0 aliphatic heterocycles. The Bertz CT molecular complexity index is 440. The molecule has 0 aliphatic rings. The molecule has 108 valence electrons. The maximum absolute atomic E-state index is 11.9. The molecule has 1 N–H and O–H groups in total. The van der Waals surface area contributed by atoms with Gasteiger partial charge in [0.15, 0.2) is 0 Å². The minimum absolute atomic E-state index is 0.254. The van der Waals surface area contributed by atoms with Crippen molar-refractivity contribution in [2.45, 2.75) is 12.3 Å². The number of hydrogen-bond acceptors (Lipinski definition) is 3. The van der Waals surface area contributed by atoms with Gasteiger partial charge in [0.05, 0.1) is 18.2 Å². The SMILES string of the molecule is COc1c(Br)cc(Cl)cc1C(O)COCC(F)(F)F. The smallest absolute Gasteiger partial charge is 0.411 e. The van der Waals surface area contributed by atoms with E-state index < -0.39 is 25.5 Å². The molecule has 1 atom stereocenters. The predicted molar refractivity (Wildman–Crippen MR) is 67.5 cm³/mol. The van der Waals surface area contributed by atoms with Crippen LogP contribution in [0.25, 0.3) is 0 Å². The summed E-state index contributed by atoms with van der Waals surface area (Å²) in [6.07, 6.45) is -5.70. The van der Waals surface area contributed by atoms with Crippen LogP contribution in [0.3, 0.4) is 0 Å². The monoisotopic (exact) mass is 362 g/mol. The Balaban J connectivity index is 2.79. The summed E-state index contributed by atoms with van der Waals surface area (Å²) in [5, 5.41) is 10.1. The van der Waals surface area contributed by atoms with Gasteiger partial charge in [0, 0.05) is 10.6 Å². The molecule has 19 heavy (non-hydrogen) atoms. The molecular formula is C11H11BrClF3O3. The standard InChI is InChI=1S/C11H11BrClF3O3/c1-18-10-7(2-6(13)3-8(10)12)9(17)4-19-5-11(14,15)16/h2-3,9,17H,4-5H2,1H3. The molecule has 0 spiro atoms. The minimum atomic E-state index is -4.43. The fraction of sp³-hybridized carbons (Fsp3) is 0.455. The first-order chi connectivity index (χ1) is 8.74. The Morgan fingerprint density at radius 3 is 2.58 bits per heavy atom. The van der Waals surface area contributed by atoms with E-state index >= 15 is 0 Å². The molecule has 0 heterocycles. The van der Waals surface area contributed by atoms with Gasteiger partial charge in [-0.05, 0) is 28.1 Å². The van der Waals surface area contributed by atoms with E-state index in [-0.39, 0.29) is 5.56 Å². The maximum Gasteiger partial charge on any atom is 0.411 e. The topological polar surface area (TPSA) is 38.7 Å². The largest absolute Gasteiger partial charge is 0.495 e. The van der Waals surface area contributed by atoms with Gasteiger partial charge in [0.2, 0.25) is 0 Å². The number of aliphatic hydroxyl groups is 1. The van der Waals surface area contributed by atoms with Crippen LogP contribution in [0.2, 0.25) is 5.02 Å². The Labute approximate surface area is 121 Å². The molecule has 1 aromatic rings. The zero-order chi connectivity index (χ0) is 14.6. The number of benzene rings is 1. The van der Waals surface area contributed by atoms with Crippen molar-refractivity contribution in [1.29, 1.82) is 0 Å². The van der Waals surface area contributed by atoms with E-state index in [0.29, 0.717) is 15.2 Å². The second-order valence-electron chi connectivity index (χ2n) is 3.66. The molecule has 0 bridgehead atoms. The van der Waals surface area contributed by atoms with Crippen molar-refractivity contribution in [3.05, 3.63) is 27.2 Å². The van der Waals surface area contributed by atoms with E-state index in [1.807, 2.05) is 0 Å². The number of halogens is 5. The summed E-state index contributed by atoms with van der Waals surface area (Å²) in [7, 11) is 1.38. The van der Waals surface area contributed by atoms with E-state index in [0.717, 1.165) is 0 Å². The van der Waals surface area contributed by atoms with Gasteiger partial charge in [-0.25, -0.2) is 0 Å². The van der Waals surface area contributed by atoms with E-state index in [1.165, 1.54) is 13.2 Å². The molecule has 0 amide bonds. The summed E-state index contributed by atoms with van der Waals surface area (Å²) in [6, 6.07) is 2.96. The van der Waals surface area contributed by atoms with Crippen molar-refractivity contribution >= 4 is 27.5 Å². The zero-order valence-corrected chi connectivity index (χ0v) is 12.1. The van der Waals surface area contributed by atoms with E-state index in [2.05, 4.69) is 20.7 Å². The van der Waals surface area contributed by atoms with Crippen LogP contribution in [-0.4, -0.2) is 31.6 Å². The Morgan fingerprint density at radius 1 is 1.42 bits per heavy atom. The summed E-state index contributed by atoms with van der Waals surface area (Å²) >= 11 is 9.00. The third-order valence-electron chi connectivity index (χ3n) is 2.14. The van der Waals surface area contributed by atoms with Gasteiger partial charge in [-0.15, -0.1) is 0 Å². The Kier molecular flexibility index (Phi) is 5.91. The number of aliphatic hydroxyl groups excluding tert-OH is 1. The second-order valence-corrected chi connectivity index (χ2v) is 4.95. The third-order valence-corrected chi connectivity index (χ3v) is 2.95. The highest BCUT2D eigenvalue weighted by atomic mass is 79.9. The van der Waals surface area contributed by atoms with Crippen LogP contribution in [0.15, 0.2) is 16.6 Å². The first-order valence-electron chi connectivity index (χ1n) is 5.10. The quantitative estimate of drug-likeness (QED) is 0.866. The lowest BCUT2D eigenvalue weighted by Crippen LogP contribution is -2.20. The lowest BCUT2D eigenvalue weighted by molar-refractivity contribution is -0.179. The molecular weight excluding hydrogens is 352 g/mol. The van der Waals surface area contributed by atoms with Gasteiger partial charge in [-0.1, -0.05) is 11.6 Å². The van der Waals surface area contributed by atoms with Crippen LogP contribution in [0.5, 0.6) is 5.75 Å². The normalized spacial score (nSPS) is 13.4. The summed E-state index contributed by atoms with van der Waals surface area (Å²) < 4.78 is 45.7. The van der Waals surface area contributed by atoms with Gasteiger partial charge in [0.1, 0.15) is 18.5 Å². The molecule has 0 fully saturated rings. The predicted octanol–water partition coefficient (Wildman–Crippen LogP) is 3.72. The second kappa shape index (κ2) is 6.78. The molecule has 8 heteroatoms.